The Balaban J connectivity index is 1.33. The van der Waals surface area contributed by atoms with Crippen molar-refractivity contribution in [2.45, 2.75) is 129 Å². The molecule has 1 aromatic heterocycles. The van der Waals surface area contributed by atoms with Crippen molar-refractivity contribution in [1.82, 2.24) is 9.97 Å². The van der Waals surface area contributed by atoms with E-state index in [0.29, 0.717) is 17.7 Å². The maximum atomic E-state index is 12.7. The first-order valence-electron chi connectivity index (χ1n) is 15.4. The van der Waals surface area contributed by atoms with Gasteiger partial charge in [-0.25, -0.2) is 9.97 Å². The molecule has 2 aromatic rings. The summed E-state index contributed by atoms with van der Waals surface area (Å²) < 4.78 is 11.8. The maximum Gasteiger partial charge on any atom is 0.314 e. The minimum atomic E-state index is -0.123. The molecule has 0 aliphatic heterocycles. The number of hydrogen-bond donors (Lipinski definition) is 0. The zero-order chi connectivity index (χ0) is 26.8. The number of hydrogen-bond acceptors (Lipinski definition) is 5. The Morgan fingerprint density at radius 1 is 0.763 bits per heavy atom. The van der Waals surface area contributed by atoms with E-state index < -0.39 is 0 Å². The minimum absolute atomic E-state index is 0.0360. The van der Waals surface area contributed by atoms with Crippen molar-refractivity contribution in [3.05, 3.63) is 42.2 Å². The van der Waals surface area contributed by atoms with Crippen LogP contribution in [-0.4, -0.2) is 28.6 Å². The van der Waals surface area contributed by atoms with Crippen molar-refractivity contribution in [3.8, 4) is 17.1 Å². The highest BCUT2D eigenvalue weighted by atomic mass is 16.5. The number of ether oxygens (including phenoxy) is 2. The molecule has 0 unspecified atom stereocenters. The van der Waals surface area contributed by atoms with Crippen molar-refractivity contribution in [3.63, 3.8) is 0 Å². The van der Waals surface area contributed by atoms with E-state index in [9.17, 15) is 4.79 Å². The number of rotatable bonds is 18. The van der Waals surface area contributed by atoms with Gasteiger partial charge in [-0.05, 0) is 74.8 Å². The lowest BCUT2D eigenvalue weighted by molar-refractivity contribution is -0.141. The van der Waals surface area contributed by atoms with Gasteiger partial charge in [-0.2, -0.15) is 0 Å². The van der Waals surface area contributed by atoms with Crippen molar-refractivity contribution in [2.75, 3.05) is 6.61 Å². The van der Waals surface area contributed by atoms with Crippen LogP contribution >= 0.6 is 0 Å². The number of unbranched alkanes of at least 4 members (excludes halogenated alkanes) is 10. The van der Waals surface area contributed by atoms with E-state index >= 15 is 0 Å². The lowest BCUT2D eigenvalue weighted by Crippen LogP contribution is -2.29. The second kappa shape index (κ2) is 18.1. The highest BCUT2D eigenvalue weighted by Crippen LogP contribution is 2.29. The lowest BCUT2D eigenvalue weighted by atomic mass is 9.87. The van der Waals surface area contributed by atoms with E-state index in [0.717, 1.165) is 50.7 Å². The van der Waals surface area contributed by atoms with E-state index in [1.165, 1.54) is 76.2 Å². The fourth-order valence-corrected chi connectivity index (χ4v) is 5.21. The van der Waals surface area contributed by atoms with Crippen LogP contribution in [0.4, 0.5) is 0 Å². The van der Waals surface area contributed by atoms with Crippen LogP contribution in [0.5, 0.6) is 5.75 Å². The van der Waals surface area contributed by atoms with Crippen molar-refractivity contribution in [2.24, 2.45) is 5.92 Å². The predicted octanol–water partition coefficient (Wildman–Crippen LogP) is 8.89. The number of aryl methyl sites for hydroxylation is 1. The number of aromatic nitrogens is 2. The van der Waals surface area contributed by atoms with Crippen LogP contribution in [0.2, 0.25) is 0 Å². The van der Waals surface area contributed by atoms with Crippen molar-refractivity contribution in [1.29, 1.82) is 0 Å². The molecule has 1 saturated carbocycles. The number of esters is 1. The first kappa shape index (κ1) is 30.3. The lowest BCUT2D eigenvalue weighted by Gasteiger charge is -2.27. The predicted molar refractivity (Wildman–Crippen MR) is 155 cm³/mol. The second-order valence-corrected chi connectivity index (χ2v) is 11.0. The Bertz CT molecular complexity index is 889. The summed E-state index contributed by atoms with van der Waals surface area (Å²) in [5, 5.41) is 0. The van der Waals surface area contributed by atoms with Gasteiger partial charge in [-0.3, -0.25) is 4.79 Å². The summed E-state index contributed by atoms with van der Waals surface area (Å²) in [6.07, 6.45) is 24.2. The van der Waals surface area contributed by atoms with Crippen LogP contribution < -0.4 is 4.74 Å². The average molecular weight is 523 g/mol. The molecular weight excluding hydrogens is 472 g/mol. The molecule has 0 radical (unpaired) electrons. The third kappa shape index (κ3) is 11.2. The Morgan fingerprint density at radius 2 is 1.34 bits per heavy atom. The summed E-state index contributed by atoms with van der Waals surface area (Å²) in [6.45, 7) is 5.35. The van der Waals surface area contributed by atoms with Gasteiger partial charge >= 0.3 is 5.97 Å². The molecule has 1 aromatic carbocycles. The van der Waals surface area contributed by atoms with Gasteiger partial charge in [0.25, 0.3) is 0 Å². The molecule has 210 valence electrons. The third-order valence-corrected chi connectivity index (χ3v) is 7.71. The topological polar surface area (TPSA) is 61.3 Å². The SMILES string of the molecule is CCCCCCCCOC1CCC(C(=O)Oc2ccc(-c3ncc(CCCCCCCC)cn3)cc2)CC1. The molecular formula is C33H50N2O3. The van der Waals surface area contributed by atoms with E-state index in [2.05, 4.69) is 23.8 Å². The summed E-state index contributed by atoms with van der Waals surface area (Å²) in [5.74, 6) is 1.13. The quantitative estimate of drug-likeness (QED) is 0.111. The molecule has 0 N–H and O–H groups in total. The summed E-state index contributed by atoms with van der Waals surface area (Å²) in [4.78, 5) is 21.8. The van der Waals surface area contributed by atoms with Crippen LogP contribution in [0.15, 0.2) is 36.7 Å². The Morgan fingerprint density at radius 3 is 1.97 bits per heavy atom. The zero-order valence-electron chi connectivity index (χ0n) is 24.0. The van der Waals surface area contributed by atoms with Gasteiger partial charge in [0.2, 0.25) is 0 Å². The number of carbonyl (C=O) groups excluding carboxylic acids is 1. The van der Waals surface area contributed by atoms with Crippen molar-refractivity contribution < 1.29 is 14.3 Å². The molecule has 3 rings (SSSR count). The summed E-state index contributed by atoms with van der Waals surface area (Å²) in [5.41, 5.74) is 2.12. The zero-order valence-corrected chi connectivity index (χ0v) is 24.0. The van der Waals surface area contributed by atoms with Gasteiger partial charge in [0.15, 0.2) is 5.82 Å². The monoisotopic (exact) mass is 522 g/mol. The number of benzene rings is 1. The van der Waals surface area contributed by atoms with Gasteiger partial charge in [0, 0.05) is 24.6 Å². The highest BCUT2D eigenvalue weighted by molar-refractivity contribution is 5.75. The second-order valence-electron chi connectivity index (χ2n) is 11.0. The number of carbonyl (C=O) groups is 1. The van der Waals surface area contributed by atoms with Gasteiger partial charge in [-0.15, -0.1) is 0 Å². The largest absolute Gasteiger partial charge is 0.426 e. The molecule has 0 atom stereocenters. The average Bonchev–Trinajstić information content (AvgIpc) is 2.95. The molecule has 0 spiro atoms. The van der Waals surface area contributed by atoms with E-state index in [1.807, 2.05) is 36.7 Å². The summed E-state index contributed by atoms with van der Waals surface area (Å²) in [7, 11) is 0. The smallest absolute Gasteiger partial charge is 0.314 e. The maximum absolute atomic E-state index is 12.7. The fraction of sp³-hybridized carbons (Fsp3) is 0.667. The van der Waals surface area contributed by atoms with Crippen molar-refractivity contribution >= 4 is 5.97 Å². The van der Waals surface area contributed by atoms with Gasteiger partial charge < -0.3 is 9.47 Å². The van der Waals surface area contributed by atoms with Crippen LogP contribution in [0, 0.1) is 5.92 Å². The first-order chi connectivity index (χ1) is 18.7. The molecule has 5 nitrogen and oxygen atoms in total. The van der Waals surface area contributed by atoms with E-state index in [4.69, 9.17) is 9.47 Å². The van der Waals surface area contributed by atoms with Gasteiger partial charge in [0.05, 0.1) is 12.0 Å². The summed E-state index contributed by atoms with van der Waals surface area (Å²) >= 11 is 0. The van der Waals surface area contributed by atoms with Crippen LogP contribution in [0.25, 0.3) is 11.4 Å². The molecule has 1 aliphatic carbocycles. The van der Waals surface area contributed by atoms with E-state index in [1.54, 1.807) is 0 Å². The highest BCUT2D eigenvalue weighted by Gasteiger charge is 2.28. The molecule has 0 saturated heterocycles. The molecule has 1 fully saturated rings. The van der Waals surface area contributed by atoms with Gasteiger partial charge in [0.1, 0.15) is 5.75 Å². The fourth-order valence-electron chi connectivity index (χ4n) is 5.21. The van der Waals surface area contributed by atoms with Gasteiger partial charge in [-0.1, -0.05) is 78.1 Å². The standard InChI is InChI=1S/C33H50N2O3/c1-3-5-7-9-11-13-15-27-25-34-32(35-26-27)28-16-22-31(23-17-28)38-33(36)29-18-20-30(21-19-29)37-24-14-12-10-8-6-4-2/h16-17,22-23,25-26,29-30H,3-15,18-21,24H2,1-2H3. The molecule has 1 aliphatic rings. The van der Waals surface area contributed by atoms with E-state index in [-0.39, 0.29) is 11.9 Å². The normalized spacial score (nSPS) is 17.4. The molecule has 1 heterocycles. The molecule has 0 amide bonds. The Hall–Kier alpha value is -2.27. The van der Waals surface area contributed by atoms with Crippen LogP contribution in [-0.2, 0) is 16.0 Å². The molecule has 38 heavy (non-hydrogen) atoms. The van der Waals surface area contributed by atoms with Crippen LogP contribution in [0.3, 0.4) is 0 Å². The molecule has 5 heteroatoms. The Kier molecular flexibility index (Phi) is 14.4. The summed E-state index contributed by atoms with van der Waals surface area (Å²) in [6, 6.07) is 7.54. The first-order valence-corrected chi connectivity index (χ1v) is 15.4. The Labute approximate surface area is 231 Å². The van der Waals surface area contributed by atoms with Crippen LogP contribution in [0.1, 0.15) is 122 Å². The molecule has 0 bridgehead atoms. The number of nitrogens with zero attached hydrogens (tertiary/aromatic N) is 2. The third-order valence-electron chi connectivity index (χ3n) is 7.71. The minimum Gasteiger partial charge on any atom is -0.426 e.